The van der Waals surface area contributed by atoms with E-state index in [1.165, 1.54) is 0 Å². The lowest BCUT2D eigenvalue weighted by atomic mass is 10.2. The normalized spacial score (nSPS) is 17.7. The van der Waals surface area contributed by atoms with Gasteiger partial charge in [-0.15, -0.1) is 0 Å². The lowest BCUT2D eigenvalue weighted by molar-refractivity contribution is 0.0985. The Hall–Kier alpha value is -1.14. The molecule has 1 N–H and O–H groups in total. The number of sulfonamides is 1. The van der Waals surface area contributed by atoms with Crippen LogP contribution in [0.1, 0.15) is 10.4 Å². The van der Waals surface area contributed by atoms with Gasteiger partial charge in [-0.25, -0.2) is 17.5 Å². The molecule has 2 rings (SSSR count). The lowest BCUT2D eigenvalue weighted by Crippen LogP contribution is -2.20. The largest absolute Gasteiger partial charge is 0.268 e. The zero-order valence-electron chi connectivity index (χ0n) is 6.54. The molecule has 0 radical (unpaired) electrons. The molecule has 0 bridgehead atoms. The molecule has 0 aliphatic carbocycles. The Balaban J connectivity index is 2.89. The first-order valence-corrected chi connectivity index (χ1v) is 5.35. The molecular formula is C7H3ClFNO3S. The van der Waals surface area contributed by atoms with E-state index in [4.69, 9.17) is 11.6 Å². The SMILES string of the molecule is O=C1NS(=O)(=O)c2ccc(F)c(Cl)c21. The monoisotopic (exact) mass is 235 g/mol. The van der Waals surface area contributed by atoms with Crippen molar-refractivity contribution in [3.8, 4) is 0 Å². The topological polar surface area (TPSA) is 63.2 Å². The molecule has 7 heteroatoms. The van der Waals surface area contributed by atoms with E-state index in [9.17, 15) is 17.6 Å². The van der Waals surface area contributed by atoms with Crippen molar-refractivity contribution in [1.82, 2.24) is 4.72 Å². The van der Waals surface area contributed by atoms with Crippen molar-refractivity contribution < 1.29 is 17.6 Å². The summed E-state index contributed by atoms with van der Waals surface area (Å²) < 4.78 is 37.0. The third-order valence-corrected chi connectivity index (χ3v) is 3.54. The van der Waals surface area contributed by atoms with Gasteiger partial charge in [-0.05, 0) is 12.1 Å². The van der Waals surface area contributed by atoms with E-state index >= 15 is 0 Å². The van der Waals surface area contributed by atoms with Crippen molar-refractivity contribution in [2.24, 2.45) is 0 Å². The van der Waals surface area contributed by atoms with E-state index in [1.807, 2.05) is 0 Å². The van der Waals surface area contributed by atoms with E-state index in [0.717, 1.165) is 12.1 Å². The predicted molar refractivity (Wildman–Crippen MR) is 46.1 cm³/mol. The molecule has 1 heterocycles. The molecule has 0 atom stereocenters. The number of carbonyl (C=O) groups is 1. The Bertz CT molecular complexity index is 540. The minimum atomic E-state index is -3.84. The Morgan fingerprint density at radius 3 is 2.64 bits per heavy atom. The van der Waals surface area contributed by atoms with E-state index in [0.29, 0.717) is 0 Å². The molecule has 4 nitrogen and oxygen atoms in total. The van der Waals surface area contributed by atoms with Gasteiger partial charge in [0, 0.05) is 0 Å². The molecule has 0 unspecified atom stereocenters. The summed E-state index contributed by atoms with van der Waals surface area (Å²) in [6.07, 6.45) is 0. The highest BCUT2D eigenvalue weighted by Gasteiger charge is 2.35. The van der Waals surface area contributed by atoms with Gasteiger partial charge in [0.15, 0.2) is 0 Å². The summed E-state index contributed by atoms with van der Waals surface area (Å²) in [5.74, 6) is -1.72. The van der Waals surface area contributed by atoms with Crippen molar-refractivity contribution in [3.63, 3.8) is 0 Å². The summed E-state index contributed by atoms with van der Waals surface area (Å²) in [6.45, 7) is 0. The molecule has 74 valence electrons. The van der Waals surface area contributed by atoms with Crippen LogP contribution in [0.5, 0.6) is 0 Å². The predicted octanol–water partition coefficient (Wildman–Crippen LogP) is 0.911. The molecule has 1 aromatic rings. The van der Waals surface area contributed by atoms with Crippen LogP contribution in [0.3, 0.4) is 0 Å². The Labute approximate surface area is 83.7 Å². The summed E-state index contributed by atoms with van der Waals surface area (Å²) in [7, 11) is -3.84. The highest BCUT2D eigenvalue weighted by Crippen LogP contribution is 2.30. The van der Waals surface area contributed by atoms with Crippen LogP contribution in [-0.4, -0.2) is 14.3 Å². The third-order valence-electron chi connectivity index (χ3n) is 1.80. The van der Waals surface area contributed by atoms with E-state index in [2.05, 4.69) is 0 Å². The first kappa shape index (κ1) is 9.42. The van der Waals surface area contributed by atoms with Crippen LogP contribution in [0.25, 0.3) is 0 Å². The van der Waals surface area contributed by atoms with Crippen LogP contribution in [0.15, 0.2) is 17.0 Å². The quantitative estimate of drug-likeness (QED) is 0.727. The van der Waals surface area contributed by atoms with Crippen molar-refractivity contribution in [2.75, 3.05) is 0 Å². The maximum absolute atomic E-state index is 12.9. The molecule has 14 heavy (non-hydrogen) atoms. The van der Waals surface area contributed by atoms with Gasteiger partial charge in [0.1, 0.15) is 10.7 Å². The number of carbonyl (C=O) groups excluding carboxylic acids is 1. The molecule has 1 aliphatic heterocycles. The smallest absolute Gasteiger partial charge is 0.268 e. The number of benzene rings is 1. The maximum Gasteiger partial charge on any atom is 0.268 e. The number of rotatable bonds is 0. The summed E-state index contributed by atoms with van der Waals surface area (Å²) in [4.78, 5) is 10.8. The molecular weight excluding hydrogens is 233 g/mol. The minimum absolute atomic E-state index is 0.283. The third kappa shape index (κ3) is 1.11. The average molecular weight is 236 g/mol. The van der Waals surface area contributed by atoms with Crippen molar-refractivity contribution in [2.45, 2.75) is 4.90 Å². The number of amides is 1. The zero-order valence-corrected chi connectivity index (χ0v) is 8.12. The number of nitrogens with one attached hydrogen (secondary N) is 1. The Morgan fingerprint density at radius 2 is 2.00 bits per heavy atom. The number of fused-ring (bicyclic) bond motifs is 1. The van der Waals surface area contributed by atoms with E-state index in [1.54, 1.807) is 4.72 Å². The molecule has 0 saturated carbocycles. The summed E-state index contributed by atoms with van der Waals surface area (Å²) >= 11 is 5.46. The Morgan fingerprint density at radius 1 is 1.36 bits per heavy atom. The molecule has 0 aromatic heterocycles. The summed E-state index contributed by atoms with van der Waals surface area (Å²) in [6, 6.07) is 1.91. The maximum atomic E-state index is 12.9. The fourth-order valence-electron chi connectivity index (χ4n) is 1.20. The van der Waals surface area contributed by atoms with Gasteiger partial charge in [-0.2, -0.15) is 0 Å². The van der Waals surface area contributed by atoms with Crippen LogP contribution >= 0.6 is 11.6 Å². The average Bonchev–Trinajstić information content (AvgIpc) is 2.29. The van der Waals surface area contributed by atoms with Crippen LogP contribution in [-0.2, 0) is 10.0 Å². The molecule has 0 spiro atoms. The lowest BCUT2D eigenvalue weighted by Gasteiger charge is -1.97. The highest BCUT2D eigenvalue weighted by atomic mass is 35.5. The van der Waals surface area contributed by atoms with Crippen LogP contribution in [0, 0.1) is 5.82 Å². The van der Waals surface area contributed by atoms with E-state index < -0.39 is 26.8 Å². The first-order valence-electron chi connectivity index (χ1n) is 3.48. The van der Waals surface area contributed by atoms with Gasteiger partial charge < -0.3 is 0 Å². The number of hydrogen-bond donors (Lipinski definition) is 1. The first-order chi connectivity index (χ1) is 6.43. The second-order valence-corrected chi connectivity index (χ2v) is 4.70. The summed E-state index contributed by atoms with van der Waals surface area (Å²) in [5.41, 5.74) is -0.327. The van der Waals surface area contributed by atoms with Crippen LogP contribution in [0.4, 0.5) is 4.39 Å². The molecule has 1 aromatic carbocycles. The molecule has 0 fully saturated rings. The Kier molecular flexibility index (Phi) is 1.80. The van der Waals surface area contributed by atoms with Gasteiger partial charge in [0.05, 0.1) is 10.6 Å². The van der Waals surface area contributed by atoms with Gasteiger partial charge in [-0.1, -0.05) is 11.6 Å². The van der Waals surface area contributed by atoms with Gasteiger partial charge >= 0.3 is 0 Å². The van der Waals surface area contributed by atoms with Crippen molar-refractivity contribution >= 4 is 27.5 Å². The number of hydrogen-bond acceptors (Lipinski definition) is 3. The molecule has 1 aliphatic rings. The van der Waals surface area contributed by atoms with Gasteiger partial charge in [0.2, 0.25) is 0 Å². The standard InChI is InChI=1S/C7H3ClFNO3S/c8-6-3(9)1-2-4-5(6)7(11)10-14(4,12)13/h1-2H,(H,10,11). The zero-order chi connectivity index (χ0) is 10.5. The van der Waals surface area contributed by atoms with Gasteiger partial charge in [0.25, 0.3) is 15.9 Å². The van der Waals surface area contributed by atoms with Crippen LogP contribution in [0.2, 0.25) is 5.02 Å². The van der Waals surface area contributed by atoms with Crippen molar-refractivity contribution in [3.05, 3.63) is 28.5 Å². The fourth-order valence-corrected chi connectivity index (χ4v) is 2.67. The fraction of sp³-hybridized carbons (Fsp3) is 0. The van der Waals surface area contributed by atoms with Gasteiger partial charge in [-0.3, -0.25) is 4.79 Å². The van der Waals surface area contributed by atoms with Crippen molar-refractivity contribution in [1.29, 1.82) is 0 Å². The minimum Gasteiger partial charge on any atom is -0.268 e. The number of halogens is 2. The highest BCUT2D eigenvalue weighted by molar-refractivity contribution is 7.90. The molecule has 0 saturated heterocycles. The second kappa shape index (κ2) is 2.68. The van der Waals surface area contributed by atoms with Crippen LogP contribution < -0.4 is 4.72 Å². The summed E-state index contributed by atoms with van der Waals surface area (Å²) in [5, 5.41) is -0.471. The van der Waals surface area contributed by atoms with E-state index in [-0.39, 0.29) is 10.5 Å². The second-order valence-electron chi connectivity index (χ2n) is 2.67. The molecule has 1 amide bonds.